The zero-order chi connectivity index (χ0) is 22.5. The quantitative estimate of drug-likeness (QED) is 0.560. The van der Waals surface area contributed by atoms with Crippen molar-refractivity contribution in [2.45, 2.75) is 13.1 Å². The van der Waals surface area contributed by atoms with E-state index < -0.39 is 0 Å². The van der Waals surface area contributed by atoms with Crippen LogP contribution in [0.5, 0.6) is 0 Å². The van der Waals surface area contributed by atoms with E-state index in [1.807, 2.05) is 31.3 Å². The van der Waals surface area contributed by atoms with Crippen LogP contribution < -0.4 is 5.32 Å². The van der Waals surface area contributed by atoms with Crippen molar-refractivity contribution in [3.63, 3.8) is 0 Å². The lowest BCUT2D eigenvalue weighted by atomic mass is 10.1. The Bertz CT molecular complexity index is 1110. The number of fused-ring (bicyclic) bond motifs is 1. The maximum atomic E-state index is 12.6. The van der Waals surface area contributed by atoms with Gasteiger partial charge in [0, 0.05) is 25.2 Å². The van der Waals surface area contributed by atoms with Crippen LogP contribution in [0.1, 0.15) is 42.2 Å². The Morgan fingerprint density at radius 3 is 2.16 bits per heavy atom. The SMILES string of the molecule is CN(CCNC(=O)c1cccc(CN2C(=O)c3ccccc3C2=O)c1)Cc1ccccc1. The molecule has 0 aliphatic carbocycles. The maximum Gasteiger partial charge on any atom is 0.261 e. The van der Waals surface area contributed by atoms with Gasteiger partial charge in [-0.1, -0.05) is 54.6 Å². The number of hydrogen-bond acceptors (Lipinski definition) is 4. The van der Waals surface area contributed by atoms with E-state index in [1.165, 1.54) is 10.5 Å². The molecule has 0 saturated heterocycles. The number of benzene rings is 3. The highest BCUT2D eigenvalue weighted by molar-refractivity contribution is 6.21. The van der Waals surface area contributed by atoms with Gasteiger partial charge in [-0.2, -0.15) is 0 Å². The fourth-order valence-electron chi connectivity index (χ4n) is 3.81. The van der Waals surface area contributed by atoms with E-state index in [0.29, 0.717) is 23.2 Å². The van der Waals surface area contributed by atoms with Crippen molar-refractivity contribution in [3.8, 4) is 0 Å². The zero-order valence-corrected chi connectivity index (χ0v) is 18.0. The van der Waals surface area contributed by atoms with Crippen LogP contribution in [0.25, 0.3) is 0 Å². The smallest absolute Gasteiger partial charge is 0.261 e. The number of likely N-dealkylation sites (N-methyl/N-ethyl adjacent to an activating group) is 1. The number of hydrogen-bond donors (Lipinski definition) is 1. The summed E-state index contributed by atoms with van der Waals surface area (Å²) in [7, 11) is 2.02. The predicted octanol–water partition coefficient (Wildman–Crippen LogP) is 3.34. The molecule has 162 valence electrons. The van der Waals surface area contributed by atoms with E-state index in [-0.39, 0.29) is 24.3 Å². The van der Waals surface area contributed by atoms with Crippen LogP contribution in [0, 0.1) is 0 Å². The minimum Gasteiger partial charge on any atom is -0.351 e. The van der Waals surface area contributed by atoms with Crippen molar-refractivity contribution in [1.29, 1.82) is 0 Å². The van der Waals surface area contributed by atoms with Gasteiger partial charge in [0.25, 0.3) is 17.7 Å². The molecule has 0 fully saturated rings. The van der Waals surface area contributed by atoms with Gasteiger partial charge in [-0.3, -0.25) is 19.3 Å². The second-order valence-electron chi connectivity index (χ2n) is 7.92. The Morgan fingerprint density at radius 1 is 0.844 bits per heavy atom. The molecular weight excluding hydrogens is 402 g/mol. The molecule has 0 atom stereocenters. The molecule has 0 bridgehead atoms. The Kier molecular flexibility index (Phi) is 6.42. The molecule has 3 amide bonds. The first kappa shape index (κ1) is 21.5. The van der Waals surface area contributed by atoms with Crippen molar-refractivity contribution >= 4 is 17.7 Å². The standard InChI is InChI=1S/C26H25N3O3/c1-28(17-19-8-3-2-4-9-19)15-14-27-24(30)21-11-7-10-20(16-21)18-29-25(31)22-12-5-6-13-23(22)26(29)32/h2-13,16H,14-15,17-18H2,1H3,(H,27,30). The summed E-state index contributed by atoms with van der Waals surface area (Å²) >= 11 is 0. The van der Waals surface area contributed by atoms with E-state index in [9.17, 15) is 14.4 Å². The fourth-order valence-corrected chi connectivity index (χ4v) is 3.81. The third kappa shape index (κ3) is 4.76. The van der Waals surface area contributed by atoms with Gasteiger partial charge in [-0.15, -0.1) is 0 Å². The predicted molar refractivity (Wildman–Crippen MR) is 122 cm³/mol. The highest BCUT2D eigenvalue weighted by atomic mass is 16.2. The summed E-state index contributed by atoms with van der Waals surface area (Å²) in [6.45, 7) is 2.18. The minimum absolute atomic E-state index is 0.132. The molecule has 6 heteroatoms. The molecule has 1 aliphatic heterocycles. The lowest BCUT2D eigenvalue weighted by Crippen LogP contribution is -2.33. The minimum atomic E-state index is -0.304. The van der Waals surface area contributed by atoms with Crippen molar-refractivity contribution in [2.24, 2.45) is 0 Å². The summed E-state index contributed by atoms with van der Waals surface area (Å²) in [4.78, 5) is 41.1. The van der Waals surface area contributed by atoms with Gasteiger partial charge in [0.15, 0.2) is 0 Å². The summed E-state index contributed by atoms with van der Waals surface area (Å²) in [5.74, 6) is -0.786. The second kappa shape index (κ2) is 9.58. The average Bonchev–Trinajstić information content (AvgIpc) is 3.05. The van der Waals surface area contributed by atoms with Crippen LogP contribution in [0.15, 0.2) is 78.9 Å². The first-order chi connectivity index (χ1) is 15.5. The van der Waals surface area contributed by atoms with Crippen LogP contribution in [0.4, 0.5) is 0 Å². The molecule has 1 N–H and O–H groups in total. The van der Waals surface area contributed by atoms with Gasteiger partial charge in [-0.25, -0.2) is 0 Å². The molecule has 3 aromatic carbocycles. The van der Waals surface area contributed by atoms with Crippen LogP contribution in [-0.2, 0) is 13.1 Å². The van der Waals surface area contributed by atoms with Crippen molar-refractivity contribution in [2.75, 3.05) is 20.1 Å². The van der Waals surface area contributed by atoms with Crippen molar-refractivity contribution < 1.29 is 14.4 Å². The van der Waals surface area contributed by atoms with Gasteiger partial charge in [0.2, 0.25) is 0 Å². The van der Waals surface area contributed by atoms with Crippen LogP contribution in [0.3, 0.4) is 0 Å². The van der Waals surface area contributed by atoms with E-state index in [0.717, 1.165) is 18.7 Å². The maximum absolute atomic E-state index is 12.6. The number of carbonyl (C=O) groups excluding carboxylic acids is 3. The molecule has 0 unspecified atom stereocenters. The highest BCUT2D eigenvalue weighted by Gasteiger charge is 2.34. The molecule has 0 aromatic heterocycles. The second-order valence-corrected chi connectivity index (χ2v) is 7.92. The molecular formula is C26H25N3O3. The summed E-state index contributed by atoms with van der Waals surface area (Å²) < 4.78 is 0. The Labute approximate surface area is 187 Å². The van der Waals surface area contributed by atoms with E-state index in [1.54, 1.807) is 42.5 Å². The molecule has 32 heavy (non-hydrogen) atoms. The molecule has 0 radical (unpaired) electrons. The average molecular weight is 428 g/mol. The Hall–Kier alpha value is -3.77. The number of rotatable bonds is 8. The van der Waals surface area contributed by atoms with Gasteiger partial charge in [0.1, 0.15) is 0 Å². The highest BCUT2D eigenvalue weighted by Crippen LogP contribution is 2.24. The van der Waals surface area contributed by atoms with Crippen LogP contribution in [-0.4, -0.2) is 47.7 Å². The molecule has 6 nitrogen and oxygen atoms in total. The summed E-state index contributed by atoms with van der Waals surface area (Å²) in [5.41, 5.74) is 3.30. The number of nitrogens with zero attached hydrogens (tertiary/aromatic N) is 2. The molecule has 4 rings (SSSR count). The van der Waals surface area contributed by atoms with E-state index in [4.69, 9.17) is 0 Å². The van der Waals surface area contributed by atoms with Gasteiger partial charge < -0.3 is 10.2 Å². The summed E-state index contributed by atoms with van der Waals surface area (Å²) in [6, 6.07) is 24.0. The van der Waals surface area contributed by atoms with Gasteiger partial charge >= 0.3 is 0 Å². The van der Waals surface area contributed by atoms with Crippen LogP contribution in [0.2, 0.25) is 0 Å². The van der Waals surface area contributed by atoms with Crippen molar-refractivity contribution in [3.05, 3.63) is 107 Å². The fraction of sp³-hybridized carbons (Fsp3) is 0.192. The van der Waals surface area contributed by atoms with E-state index in [2.05, 4.69) is 22.3 Å². The largest absolute Gasteiger partial charge is 0.351 e. The first-order valence-electron chi connectivity index (χ1n) is 10.6. The number of amides is 3. The molecule has 1 aliphatic rings. The topological polar surface area (TPSA) is 69.7 Å². The summed E-state index contributed by atoms with van der Waals surface area (Å²) in [5, 5.41) is 2.94. The summed E-state index contributed by atoms with van der Waals surface area (Å²) in [6.07, 6.45) is 0. The molecule has 1 heterocycles. The number of nitrogens with one attached hydrogen (secondary N) is 1. The van der Waals surface area contributed by atoms with Gasteiger partial charge in [-0.05, 0) is 42.4 Å². The third-order valence-corrected chi connectivity index (χ3v) is 5.48. The Morgan fingerprint density at radius 2 is 1.47 bits per heavy atom. The van der Waals surface area contributed by atoms with E-state index >= 15 is 0 Å². The zero-order valence-electron chi connectivity index (χ0n) is 18.0. The normalized spacial score (nSPS) is 12.9. The van der Waals surface area contributed by atoms with Crippen molar-refractivity contribution in [1.82, 2.24) is 15.1 Å². The molecule has 3 aromatic rings. The third-order valence-electron chi connectivity index (χ3n) is 5.48. The lowest BCUT2D eigenvalue weighted by molar-refractivity contribution is 0.0642. The van der Waals surface area contributed by atoms with Gasteiger partial charge in [0.05, 0.1) is 17.7 Å². The lowest BCUT2D eigenvalue weighted by Gasteiger charge is -2.17. The number of imide groups is 1. The van der Waals surface area contributed by atoms with Crippen LogP contribution >= 0.6 is 0 Å². The number of carbonyl (C=O) groups is 3. The monoisotopic (exact) mass is 427 g/mol. The molecule has 0 saturated carbocycles. The first-order valence-corrected chi connectivity index (χ1v) is 10.6. The molecule has 0 spiro atoms. The Balaban J connectivity index is 1.32.